The molecule has 0 unspecified atom stereocenters. The average Bonchev–Trinajstić information content (AvgIpc) is 2.16. The summed E-state index contributed by atoms with van der Waals surface area (Å²) in [4.78, 5) is 0.522. The highest BCUT2D eigenvalue weighted by Crippen LogP contribution is 2.29. The number of nitrogens with zero attached hydrogens (tertiary/aromatic N) is 1. The van der Waals surface area contributed by atoms with Gasteiger partial charge in [0, 0.05) is 10.5 Å². The number of alkyl halides is 2. The van der Waals surface area contributed by atoms with Crippen molar-refractivity contribution >= 4 is 11.8 Å². The first-order valence-corrected chi connectivity index (χ1v) is 4.77. The Bertz CT molecular complexity index is 344. The van der Waals surface area contributed by atoms with Gasteiger partial charge in [-0.15, -0.1) is 11.8 Å². The molecular weight excluding hydrogens is 192 g/mol. The van der Waals surface area contributed by atoms with Crippen molar-refractivity contribution in [3.05, 3.63) is 29.3 Å². The van der Waals surface area contributed by atoms with Crippen molar-refractivity contribution in [2.45, 2.75) is 11.3 Å². The molecule has 1 rings (SSSR count). The third kappa shape index (κ3) is 2.19. The van der Waals surface area contributed by atoms with E-state index in [-0.39, 0.29) is 11.1 Å². The Morgan fingerprint density at radius 1 is 1.46 bits per heavy atom. The largest absolute Gasteiger partial charge is 0.264 e. The third-order valence-corrected chi connectivity index (χ3v) is 2.41. The summed E-state index contributed by atoms with van der Waals surface area (Å²) in [6.45, 7) is 0. The maximum absolute atomic E-state index is 12.4. The van der Waals surface area contributed by atoms with Crippen LogP contribution in [0.1, 0.15) is 17.6 Å². The third-order valence-electron chi connectivity index (χ3n) is 1.59. The number of thioether (sulfide) groups is 1. The Labute approximate surface area is 79.4 Å². The minimum Gasteiger partial charge on any atom is -0.205 e. The van der Waals surface area contributed by atoms with Crippen molar-refractivity contribution in [3.63, 3.8) is 0 Å². The summed E-state index contributed by atoms with van der Waals surface area (Å²) >= 11 is 1.25. The number of rotatable bonds is 2. The Morgan fingerprint density at radius 3 is 2.62 bits per heavy atom. The van der Waals surface area contributed by atoms with Gasteiger partial charge in [-0.1, -0.05) is 0 Å². The molecule has 0 spiro atoms. The number of halogens is 2. The Morgan fingerprint density at radius 2 is 2.15 bits per heavy atom. The minimum absolute atomic E-state index is 0.0634. The van der Waals surface area contributed by atoms with E-state index in [1.54, 1.807) is 12.3 Å². The Balaban J connectivity index is 3.20. The molecule has 1 aromatic rings. The lowest BCUT2D eigenvalue weighted by molar-refractivity contribution is 0.148. The van der Waals surface area contributed by atoms with Crippen LogP contribution in [0.25, 0.3) is 0 Å². The molecule has 0 radical (unpaired) electrons. The molecule has 0 saturated carbocycles. The normalized spacial score (nSPS) is 10.1. The van der Waals surface area contributed by atoms with E-state index >= 15 is 0 Å². The minimum atomic E-state index is -2.52. The van der Waals surface area contributed by atoms with Gasteiger partial charge in [0.2, 0.25) is 0 Å². The number of hydrogen-bond donors (Lipinski definition) is 0. The molecule has 0 fully saturated rings. The summed E-state index contributed by atoms with van der Waals surface area (Å²) in [6.07, 6.45) is -0.788. The molecule has 0 atom stereocenters. The van der Waals surface area contributed by atoms with Crippen LogP contribution in [0.2, 0.25) is 0 Å². The molecule has 0 saturated heterocycles. The summed E-state index contributed by atoms with van der Waals surface area (Å²) in [5.41, 5.74) is 0.208. The van der Waals surface area contributed by atoms with Gasteiger partial charge < -0.3 is 0 Å². The lowest BCUT2D eigenvalue weighted by atomic mass is 10.1. The second-order valence-corrected chi connectivity index (χ2v) is 3.22. The fourth-order valence-electron chi connectivity index (χ4n) is 0.974. The molecule has 0 heterocycles. The highest BCUT2D eigenvalue weighted by Gasteiger charge is 2.12. The van der Waals surface area contributed by atoms with Crippen molar-refractivity contribution in [2.24, 2.45) is 0 Å². The zero-order valence-electron chi connectivity index (χ0n) is 6.92. The van der Waals surface area contributed by atoms with Gasteiger partial charge in [-0.3, -0.25) is 0 Å². The molecule has 68 valence electrons. The Hall–Kier alpha value is -1.08. The van der Waals surface area contributed by atoms with E-state index in [1.807, 2.05) is 6.07 Å². The van der Waals surface area contributed by atoms with Crippen LogP contribution in [0.15, 0.2) is 23.1 Å². The van der Waals surface area contributed by atoms with E-state index in [4.69, 9.17) is 5.26 Å². The van der Waals surface area contributed by atoms with Gasteiger partial charge in [-0.2, -0.15) is 5.26 Å². The van der Waals surface area contributed by atoms with Gasteiger partial charge in [0.05, 0.1) is 11.6 Å². The van der Waals surface area contributed by atoms with Crippen LogP contribution in [-0.2, 0) is 0 Å². The first kappa shape index (κ1) is 10.0. The van der Waals surface area contributed by atoms with Gasteiger partial charge in [-0.25, -0.2) is 8.78 Å². The maximum atomic E-state index is 12.4. The standard InChI is InChI=1S/C9H7F2NS/c1-13-8-3-2-6(5-12)4-7(8)9(10)11/h2-4,9H,1H3. The highest BCUT2D eigenvalue weighted by molar-refractivity contribution is 7.98. The van der Waals surface area contributed by atoms with E-state index in [9.17, 15) is 8.78 Å². The number of nitriles is 1. The summed E-state index contributed by atoms with van der Waals surface area (Å²) in [5, 5.41) is 8.51. The molecule has 0 amide bonds. The highest BCUT2D eigenvalue weighted by atomic mass is 32.2. The van der Waals surface area contributed by atoms with Crippen LogP contribution in [0.4, 0.5) is 8.78 Å². The molecular formula is C9H7F2NS. The lowest BCUT2D eigenvalue weighted by Gasteiger charge is -2.05. The molecule has 0 N–H and O–H groups in total. The number of hydrogen-bond acceptors (Lipinski definition) is 2. The van der Waals surface area contributed by atoms with Crippen LogP contribution < -0.4 is 0 Å². The van der Waals surface area contributed by atoms with Crippen molar-refractivity contribution < 1.29 is 8.78 Å². The quantitative estimate of drug-likeness (QED) is 0.683. The van der Waals surface area contributed by atoms with Gasteiger partial charge in [-0.05, 0) is 24.5 Å². The molecule has 4 heteroatoms. The molecule has 1 nitrogen and oxygen atoms in total. The Kier molecular flexibility index (Phi) is 3.26. The van der Waals surface area contributed by atoms with Gasteiger partial charge in [0.15, 0.2) is 0 Å². The SMILES string of the molecule is CSc1ccc(C#N)cc1C(F)F. The van der Waals surface area contributed by atoms with E-state index < -0.39 is 6.43 Å². The van der Waals surface area contributed by atoms with Crippen LogP contribution in [-0.4, -0.2) is 6.26 Å². The summed E-state index contributed by atoms with van der Waals surface area (Å²) in [7, 11) is 0. The second kappa shape index (κ2) is 4.24. The summed E-state index contributed by atoms with van der Waals surface area (Å²) in [6, 6.07) is 6.15. The van der Waals surface area contributed by atoms with Crippen LogP contribution in [0.5, 0.6) is 0 Å². The smallest absolute Gasteiger partial charge is 0.205 e. The molecule has 0 aliphatic heterocycles. The van der Waals surface area contributed by atoms with E-state index in [2.05, 4.69) is 0 Å². The topological polar surface area (TPSA) is 23.8 Å². The van der Waals surface area contributed by atoms with Gasteiger partial charge in [0.25, 0.3) is 6.43 Å². The molecule has 0 aliphatic carbocycles. The summed E-state index contributed by atoms with van der Waals surface area (Å²) in [5.74, 6) is 0. The second-order valence-electron chi connectivity index (χ2n) is 2.37. The van der Waals surface area contributed by atoms with Crippen LogP contribution in [0.3, 0.4) is 0 Å². The lowest BCUT2D eigenvalue weighted by Crippen LogP contribution is -1.89. The van der Waals surface area contributed by atoms with Gasteiger partial charge in [0.1, 0.15) is 0 Å². The van der Waals surface area contributed by atoms with E-state index in [0.29, 0.717) is 4.90 Å². The fourth-order valence-corrected chi connectivity index (χ4v) is 1.56. The van der Waals surface area contributed by atoms with Crippen LogP contribution in [0, 0.1) is 11.3 Å². The van der Waals surface area contributed by atoms with Gasteiger partial charge >= 0.3 is 0 Å². The molecule has 0 aliphatic rings. The van der Waals surface area contributed by atoms with Crippen molar-refractivity contribution in [1.29, 1.82) is 5.26 Å². The zero-order chi connectivity index (χ0) is 9.84. The predicted octanol–water partition coefficient (Wildman–Crippen LogP) is 3.22. The number of benzene rings is 1. The maximum Gasteiger partial charge on any atom is 0.264 e. The van der Waals surface area contributed by atoms with Crippen molar-refractivity contribution in [3.8, 4) is 6.07 Å². The molecule has 1 aromatic carbocycles. The fraction of sp³-hybridized carbons (Fsp3) is 0.222. The predicted molar refractivity (Wildman–Crippen MR) is 47.9 cm³/mol. The van der Waals surface area contributed by atoms with E-state index in [0.717, 1.165) is 0 Å². The first-order chi connectivity index (χ1) is 6.19. The first-order valence-electron chi connectivity index (χ1n) is 3.55. The molecule has 0 aromatic heterocycles. The zero-order valence-corrected chi connectivity index (χ0v) is 7.74. The molecule has 13 heavy (non-hydrogen) atoms. The summed E-state index contributed by atoms with van der Waals surface area (Å²) < 4.78 is 24.8. The molecule has 0 bridgehead atoms. The average molecular weight is 199 g/mol. The van der Waals surface area contributed by atoms with Crippen molar-refractivity contribution in [2.75, 3.05) is 6.26 Å². The van der Waals surface area contributed by atoms with Crippen LogP contribution >= 0.6 is 11.8 Å². The van der Waals surface area contributed by atoms with Crippen molar-refractivity contribution in [1.82, 2.24) is 0 Å². The monoisotopic (exact) mass is 199 g/mol. The van der Waals surface area contributed by atoms with E-state index in [1.165, 1.54) is 23.9 Å².